The van der Waals surface area contributed by atoms with Gasteiger partial charge < -0.3 is 0 Å². The second-order valence-electron chi connectivity index (χ2n) is 19.5. The van der Waals surface area contributed by atoms with Gasteiger partial charge in [0, 0.05) is 71.0 Å². The predicted molar refractivity (Wildman–Crippen MR) is 293 cm³/mol. The van der Waals surface area contributed by atoms with Crippen LogP contribution in [0.1, 0.15) is 177 Å². The monoisotopic (exact) mass is 1040 g/mol. The molecule has 0 spiro atoms. The molecule has 0 saturated heterocycles. The first kappa shape index (κ1) is 56.0. The van der Waals surface area contributed by atoms with Crippen molar-refractivity contribution in [2.75, 3.05) is 18.1 Å². The van der Waals surface area contributed by atoms with Gasteiger partial charge in [0.1, 0.15) is 0 Å². The van der Waals surface area contributed by atoms with E-state index in [4.69, 9.17) is 0 Å². The molecule has 9 rings (SSSR count). The third-order valence-electron chi connectivity index (χ3n) is 14.5. The average Bonchev–Trinajstić information content (AvgIpc) is 4.14. The van der Waals surface area contributed by atoms with Gasteiger partial charge in [-0.25, -0.2) is 0 Å². The van der Waals surface area contributed by atoms with Crippen LogP contribution in [-0.4, -0.2) is 67.8 Å². The van der Waals surface area contributed by atoms with Crippen molar-refractivity contribution in [3.63, 3.8) is 0 Å². The van der Waals surface area contributed by atoms with Gasteiger partial charge in [-0.3, -0.25) is 38.6 Å². The summed E-state index contributed by atoms with van der Waals surface area (Å²) in [5, 5.41) is 7.07. The van der Waals surface area contributed by atoms with Gasteiger partial charge in [-0.1, -0.05) is 138 Å². The van der Waals surface area contributed by atoms with Crippen LogP contribution in [0.4, 0.5) is 0 Å². The van der Waals surface area contributed by atoms with E-state index in [0.717, 1.165) is 127 Å². The van der Waals surface area contributed by atoms with Crippen molar-refractivity contribution >= 4 is 100 Å². The quantitative estimate of drug-likeness (QED) is 0.0177. The maximum absolute atomic E-state index is 14.8. The number of thioether (sulfide) groups is 2. The van der Waals surface area contributed by atoms with Crippen LogP contribution in [0.5, 0.6) is 0 Å². The Morgan fingerprint density at radius 1 is 0.431 bits per heavy atom. The van der Waals surface area contributed by atoms with Crippen molar-refractivity contribution in [2.24, 2.45) is 0 Å². The van der Waals surface area contributed by atoms with Crippen molar-refractivity contribution in [1.29, 1.82) is 0 Å². The summed E-state index contributed by atoms with van der Waals surface area (Å²) in [6, 6.07) is 15.2. The Hall–Kier alpha value is -3.76. The number of rotatable bonds is 26. The number of unbranched alkanes of at least 4 members (excludes halogenated alkanes) is 14. The molecule has 5 aromatic rings. The van der Waals surface area contributed by atoms with Crippen LogP contribution in [0.2, 0.25) is 0 Å². The van der Waals surface area contributed by atoms with Crippen molar-refractivity contribution in [1.82, 2.24) is 9.80 Å². The van der Waals surface area contributed by atoms with Crippen LogP contribution in [-0.2, 0) is 26.7 Å². The van der Waals surface area contributed by atoms with E-state index in [9.17, 15) is 28.8 Å². The Morgan fingerprint density at radius 3 is 1.12 bits per heavy atom. The summed E-state index contributed by atoms with van der Waals surface area (Å²) in [6.45, 7) is 3.56. The fourth-order valence-electron chi connectivity index (χ4n) is 10.9. The largest absolute Gasteiger partial charge is 2.00 e. The first-order chi connectivity index (χ1) is 34.7. The van der Waals surface area contributed by atoms with E-state index >= 15 is 0 Å². The molecule has 376 valence electrons. The summed E-state index contributed by atoms with van der Waals surface area (Å²) < 4.78 is 0. The van der Waals surface area contributed by atoms with Crippen LogP contribution in [0.15, 0.2) is 48.5 Å². The van der Waals surface area contributed by atoms with Gasteiger partial charge >= 0.3 is 17.1 Å². The Labute approximate surface area is 447 Å². The van der Waals surface area contributed by atoms with E-state index in [-0.39, 0.29) is 57.0 Å². The van der Waals surface area contributed by atoms with Crippen molar-refractivity contribution in [3.8, 4) is 0 Å². The number of imide groups is 2. The van der Waals surface area contributed by atoms with E-state index < -0.39 is 0 Å². The number of carbonyl (C=O) groups excluding carboxylic acids is 6. The second kappa shape index (κ2) is 27.7. The minimum Gasteiger partial charge on any atom is -0.288 e. The van der Waals surface area contributed by atoms with Gasteiger partial charge in [0.15, 0.2) is 10.2 Å². The average molecular weight is 1050 g/mol. The number of benzene rings is 5. The molecule has 2 fully saturated rings. The zero-order chi connectivity index (χ0) is 49.7. The smallest absolute Gasteiger partial charge is 0.288 e. The topological polar surface area (TPSA) is 109 Å². The van der Waals surface area contributed by atoms with Gasteiger partial charge in [-0.15, -0.1) is 0 Å². The van der Waals surface area contributed by atoms with Crippen LogP contribution < -0.4 is 0 Å². The molecular formula is C61H68FeN2O6S2+2. The first-order valence-electron chi connectivity index (χ1n) is 26.2. The molecule has 4 aliphatic rings. The number of carbonyl (C=O) groups is 6. The summed E-state index contributed by atoms with van der Waals surface area (Å²) in [5.74, 6) is 1.88. The normalized spacial score (nSPS) is 15.8. The van der Waals surface area contributed by atoms with Gasteiger partial charge in [0.2, 0.25) is 0 Å². The molecule has 11 heteroatoms. The van der Waals surface area contributed by atoms with Gasteiger partial charge in [0.25, 0.3) is 23.6 Å². The van der Waals surface area contributed by atoms with Crippen LogP contribution in [0.3, 0.4) is 0 Å². The molecule has 8 nitrogen and oxygen atoms in total. The van der Waals surface area contributed by atoms with Crippen LogP contribution >= 0.6 is 23.5 Å². The minimum atomic E-state index is -0.287. The third kappa shape index (κ3) is 13.4. The van der Waals surface area contributed by atoms with E-state index in [2.05, 4.69) is 0 Å². The molecule has 2 saturated carbocycles. The van der Waals surface area contributed by atoms with Gasteiger partial charge in [0.05, 0.1) is 0 Å². The molecule has 0 N–H and O–H groups in total. The molecule has 5 aromatic carbocycles. The first-order valence-corrected chi connectivity index (χ1v) is 28.2. The standard InChI is InChI=1S/C56H63N2O6S2.C5H5.Fe/c1-37(59)65-35-19-13-9-5-3-7-11-15-23-40(24-16-12-8-4-6-10-14-20-36-66-38(2)60)58-55(63)47-31-27-43-41-25-29-45-51-46(54(62)57(53(45)61)34-33-39-21-17-18-22-39)30-26-42(49(41)51)44-28-32-48(56(58)64)52(47)50(43)44;1-2-4-5-3-1;/h17-18,21-22,25-32,40H,3-16,19-20,23-24,33-36H2,1-2H3;1-5H;/q;;+2. The van der Waals surface area contributed by atoms with Crippen LogP contribution in [0.25, 0.3) is 43.1 Å². The molecule has 0 atom stereocenters. The number of hydrogen-bond donors (Lipinski definition) is 0. The maximum Gasteiger partial charge on any atom is 2.00 e. The molecule has 72 heavy (non-hydrogen) atoms. The maximum atomic E-state index is 14.8. The van der Waals surface area contributed by atoms with E-state index in [1.165, 1.54) is 66.9 Å². The minimum absolute atomic E-state index is 0. The Morgan fingerprint density at radius 2 is 0.764 bits per heavy atom. The molecule has 0 aromatic heterocycles. The van der Waals surface area contributed by atoms with E-state index in [1.54, 1.807) is 18.7 Å². The third-order valence-corrected chi connectivity index (χ3v) is 16.3. The second-order valence-corrected chi connectivity index (χ2v) is 22.0. The summed E-state index contributed by atoms with van der Waals surface area (Å²) in [6.07, 6.45) is 37.9. The van der Waals surface area contributed by atoms with Crippen molar-refractivity contribution in [2.45, 2.75) is 142 Å². The zero-order valence-electron chi connectivity index (χ0n) is 42.0. The Balaban J connectivity index is 0.00000119. The molecule has 2 heterocycles. The van der Waals surface area contributed by atoms with Crippen molar-refractivity contribution < 1.29 is 45.8 Å². The Bertz CT molecular complexity index is 2530. The molecule has 10 radical (unpaired) electrons. The van der Waals surface area contributed by atoms with Crippen molar-refractivity contribution in [3.05, 3.63) is 134 Å². The SMILES string of the molecule is CC(=O)SCCCCCCCCCCC(CCCCCCCCCCSC(C)=O)N1C(=O)c2ccc3c4ccc5c6c(ccc(c7ccc(c2c37)C1=O)c64)C(=O)N(CC[C]1[CH][CH][CH][CH]1)C5=O.[CH]1[CH][CH][CH][CH]1.[Fe+2]. The van der Waals surface area contributed by atoms with E-state index in [1.807, 2.05) is 106 Å². The number of nitrogens with zero attached hydrogens (tertiary/aromatic N) is 2. The molecule has 2 aliphatic carbocycles. The summed E-state index contributed by atoms with van der Waals surface area (Å²) in [4.78, 5) is 83.0. The molecule has 2 aliphatic heterocycles. The van der Waals surface area contributed by atoms with E-state index in [0.29, 0.717) is 46.0 Å². The fourth-order valence-corrected chi connectivity index (χ4v) is 12.2. The molecular weight excluding hydrogens is 977 g/mol. The van der Waals surface area contributed by atoms with Crippen LogP contribution in [0, 0.1) is 63.7 Å². The molecule has 0 bridgehead atoms. The summed E-state index contributed by atoms with van der Waals surface area (Å²) in [7, 11) is 0. The number of fused-ring (bicyclic) bond motifs is 2. The predicted octanol–water partition coefficient (Wildman–Crippen LogP) is 14.7. The number of amides is 4. The summed E-state index contributed by atoms with van der Waals surface area (Å²) >= 11 is 2.83. The fraction of sp³-hybridized carbons (Fsp3) is 0.410. The number of hydrogen-bond acceptors (Lipinski definition) is 8. The molecule has 0 unspecified atom stereocenters. The van der Waals surface area contributed by atoms with Gasteiger partial charge in [-0.05, 0) is 152 Å². The molecule has 4 amide bonds. The van der Waals surface area contributed by atoms with Gasteiger partial charge in [-0.2, -0.15) is 0 Å². The zero-order valence-corrected chi connectivity index (χ0v) is 44.7. The Kier molecular flexibility index (Phi) is 21.5. The summed E-state index contributed by atoms with van der Waals surface area (Å²) in [5.41, 5.74) is 2.14.